The summed E-state index contributed by atoms with van der Waals surface area (Å²) in [4.78, 5) is 14.4. The number of hydrogen-bond donors (Lipinski definition) is 0. The Morgan fingerprint density at radius 2 is 2.20 bits per heavy atom. The Bertz CT molecular complexity index is 479. The van der Waals surface area contributed by atoms with Crippen LogP contribution in [0.3, 0.4) is 0 Å². The van der Waals surface area contributed by atoms with Crippen molar-refractivity contribution in [2.75, 3.05) is 0 Å². The summed E-state index contributed by atoms with van der Waals surface area (Å²) >= 11 is 0. The highest BCUT2D eigenvalue weighted by Gasteiger charge is 2.04. The summed E-state index contributed by atoms with van der Waals surface area (Å²) in [6.07, 6.45) is 3.82. The lowest BCUT2D eigenvalue weighted by atomic mass is 10.2. The van der Waals surface area contributed by atoms with Gasteiger partial charge in [0.2, 0.25) is 0 Å². The fraction of sp³-hybridized carbons (Fsp3) is 0.0909. The van der Waals surface area contributed by atoms with Gasteiger partial charge in [-0.1, -0.05) is 18.2 Å². The predicted molar refractivity (Wildman–Crippen MR) is 53.1 cm³/mol. The zero-order chi connectivity index (χ0) is 10.7. The Morgan fingerprint density at radius 3 is 2.93 bits per heavy atom. The molecule has 2 rings (SSSR count). The van der Waals surface area contributed by atoms with Crippen LogP contribution in [0.25, 0.3) is 0 Å². The van der Waals surface area contributed by atoms with Crippen molar-refractivity contribution < 1.29 is 9.18 Å². The lowest BCUT2D eigenvalue weighted by Crippen LogP contribution is -2.04. The number of halogens is 1. The van der Waals surface area contributed by atoms with Crippen molar-refractivity contribution in [3.63, 3.8) is 0 Å². The zero-order valence-electron chi connectivity index (χ0n) is 7.93. The Balaban J connectivity index is 2.29. The van der Waals surface area contributed by atoms with Gasteiger partial charge in [-0.05, 0) is 6.07 Å². The largest absolute Gasteiger partial charge is 0.324 e. The van der Waals surface area contributed by atoms with Crippen LogP contribution < -0.4 is 0 Å². The number of benzene rings is 1. The second kappa shape index (κ2) is 4.04. The average Bonchev–Trinajstić information content (AvgIpc) is 2.69. The van der Waals surface area contributed by atoms with Gasteiger partial charge in [-0.25, -0.2) is 9.37 Å². The third kappa shape index (κ3) is 1.93. The standard InChI is InChI=1S/C11H9FN2O/c12-10-4-2-1-3-9(10)7-14-6-5-13-11(14)8-15/h1-6,8H,7H2. The quantitative estimate of drug-likeness (QED) is 0.715. The molecule has 76 valence electrons. The van der Waals surface area contributed by atoms with Crippen LogP contribution in [0, 0.1) is 5.82 Å². The molecule has 0 N–H and O–H groups in total. The molecule has 15 heavy (non-hydrogen) atoms. The minimum atomic E-state index is -0.275. The Morgan fingerprint density at radius 1 is 1.40 bits per heavy atom. The predicted octanol–water partition coefficient (Wildman–Crippen LogP) is 1.88. The van der Waals surface area contributed by atoms with Gasteiger partial charge in [0.15, 0.2) is 12.1 Å². The van der Waals surface area contributed by atoms with Gasteiger partial charge in [0.25, 0.3) is 0 Å². The van der Waals surface area contributed by atoms with Gasteiger partial charge >= 0.3 is 0 Å². The molecule has 1 aromatic heterocycles. The van der Waals surface area contributed by atoms with Crippen molar-refractivity contribution >= 4 is 6.29 Å². The Hall–Kier alpha value is -1.97. The molecule has 0 saturated heterocycles. The smallest absolute Gasteiger partial charge is 0.185 e. The average molecular weight is 204 g/mol. The number of imidazole rings is 1. The van der Waals surface area contributed by atoms with E-state index in [0.717, 1.165) is 0 Å². The summed E-state index contributed by atoms with van der Waals surface area (Å²) < 4.78 is 14.9. The summed E-state index contributed by atoms with van der Waals surface area (Å²) in [5, 5.41) is 0. The summed E-state index contributed by atoms with van der Waals surface area (Å²) in [7, 11) is 0. The number of nitrogens with zero attached hydrogens (tertiary/aromatic N) is 2. The minimum Gasteiger partial charge on any atom is -0.324 e. The van der Waals surface area contributed by atoms with E-state index >= 15 is 0 Å². The van der Waals surface area contributed by atoms with Crippen LogP contribution in [0.1, 0.15) is 16.2 Å². The van der Waals surface area contributed by atoms with Gasteiger partial charge in [0, 0.05) is 18.0 Å². The molecule has 4 heteroatoms. The summed E-state index contributed by atoms with van der Waals surface area (Å²) in [6, 6.07) is 6.47. The van der Waals surface area contributed by atoms with Gasteiger partial charge in [0.05, 0.1) is 6.54 Å². The molecular formula is C11H9FN2O. The first kappa shape index (κ1) is 9.58. The van der Waals surface area contributed by atoms with Crippen LogP contribution in [-0.4, -0.2) is 15.8 Å². The SMILES string of the molecule is O=Cc1nccn1Cc1ccccc1F. The van der Waals surface area contributed by atoms with E-state index < -0.39 is 0 Å². The van der Waals surface area contributed by atoms with Crippen molar-refractivity contribution in [2.24, 2.45) is 0 Å². The maximum Gasteiger partial charge on any atom is 0.185 e. The van der Waals surface area contributed by atoms with Gasteiger partial charge in [0.1, 0.15) is 5.82 Å². The zero-order valence-corrected chi connectivity index (χ0v) is 7.93. The fourth-order valence-corrected chi connectivity index (χ4v) is 1.38. The molecule has 0 spiro atoms. The van der Waals surface area contributed by atoms with E-state index in [9.17, 15) is 9.18 Å². The van der Waals surface area contributed by atoms with Crippen LogP contribution >= 0.6 is 0 Å². The number of carbonyl (C=O) groups is 1. The summed E-state index contributed by atoms with van der Waals surface area (Å²) in [5.74, 6) is 0.0290. The highest BCUT2D eigenvalue weighted by molar-refractivity contribution is 5.69. The number of hydrogen-bond acceptors (Lipinski definition) is 2. The van der Waals surface area contributed by atoms with Crippen molar-refractivity contribution in [3.05, 3.63) is 53.9 Å². The molecule has 2 aromatic rings. The van der Waals surface area contributed by atoms with Crippen LogP contribution in [0.5, 0.6) is 0 Å². The van der Waals surface area contributed by atoms with Gasteiger partial charge < -0.3 is 4.57 Å². The fourth-order valence-electron chi connectivity index (χ4n) is 1.38. The highest BCUT2D eigenvalue weighted by Crippen LogP contribution is 2.09. The van der Waals surface area contributed by atoms with Crippen LogP contribution in [-0.2, 0) is 6.54 Å². The van der Waals surface area contributed by atoms with Gasteiger partial charge in [-0.3, -0.25) is 4.79 Å². The first-order chi connectivity index (χ1) is 7.31. The lowest BCUT2D eigenvalue weighted by Gasteiger charge is -2.05. The Kier molecular flexibility index (Phi) is 2.58. The molecule has 0 aliphatic heterocycles. The maximum atomic E-state index is 13.3. The second-order valence-electron chi connectivity index (χ2n) is 3.12. The topological polar surface area (TPSA) is 34.9 Å². The molecule has 0 bridgehead atoms. The van der Waals surface area contributed by atoms with Crippen LogP contribution in [0.15, 0.2) is 36.7 Å². The van der Waals surface area contributed by atoms with E-state index in [4.69, 9.17) is 0 Å². The number of aldehydes is 1. The molecule has 1 heterocycles. The molecule has 0 aliphatic carbocycles. The van der Waals surface area contributed by atoms with Crippen molar-refractivity contribution in [1.29, 1.82) is 0 Å². The first-order valence-corrected chi connectivity index (χ1v) is 4.51. The highest BCUT2D eigenvalue weighted by atomic mass is 19.1. The molecule has 0 atom stereocenters. The number of carbonyl (C=O) groups excluding carboxylic acids is 1. The number of aromatic nitrogens is 2. The molecule has 0 fully saturated rings. The molecule has 0 unspecified atom stereocenters. The van der Waals surface area contributed by atoms with Crippen molar-refractivity contribution in [1.82, 2.24) is 9.55 Å². The van der Waals surface area contributed by atoms with Gasteiger partial charge in [-0.15, -0.1) is 0 Å². The monoisotopic (exact) mass is 204 g/mol. The molecule has 0 amide bonds. The summed E-state index contributed by atoms with van der Waals surface area (Å²) in [6.45, 7) is 0.320. The third-order valence-electron chi connectivity index (χ3n) is 2.15. The van der Waals surface area contributed by atoms with Crippen molar-refractivity contribution in [3.8, 4) is 0 Å². The number of rotatable bonds is 3. The Labute approximate surface area is 86.2 Å². The third-order valence-corrected chi connectivity index (χ3v) is 2.15. The van der Waals surface area contributed by atoms with Crippen molar-refractivity contribution in [2.45, 2.75) is 6.54 Å². The van der Waals surface area contributed by atoms with E-state index in [1.165, 1.54) is 12.3 Å². The first-order valence-electron chi connectivity index (χ1n) is 4.51. The molecule has 1 aromatic carbocycles. The van der Waals surface area contributed by atoms with E-state index in [-0.39, 0.29) is 5.82 Å². The lowest BCUT2D eigenvalue weighted by molar-refractivity contribution is 0.111. The van der Waals surface area contributed by atoms with E-state index in [1.807, 2.05) is 0 Å². The van der Waals surface area contributed by atoms with E-state index in [2.05, 4.69) is 4.98 Å². The van der Waals surface area contributed by atoms with Gasteiger partial charge in [-0.2, -0.15) is 0 Å². The second-order valence-corrected chi connectivity index (χ2v) is 3.12. The van der Waals surface area contributed by atoms with E-state index in [1.54, 1.807) is 29.0 Å². The summed E-state index contributed by atoms with van der Waals surface area (Å²) in [5.41, 5.74) is 0.540. The molecule has 0 aliphatic rings. The minimum absolute atomic E-state index is 0.275. The normalized spacial score (nSPS) is 10.2. The molecular weight excluding hydrogens is 195 g/mol. The maximum absolute atomic E-state index is 13.3. The molecule has 0 radical (unpaired) electrons. The molecule has 0 saturated carbocycles. The van der Waals surface area contributed by atoms with E-state index in [0.29, 0.717) is 24.2 Å². The molecule has 3 nitrogen and oxygen atoms in total. The van der Waals surface area contributed by atoms with Crippen LogP contribution in [0.4, 0.5) is 4.39 Å². The van der Waals surface area contributed by atoms with Crippen LogP contribution in [0.2, 0.25) is 0 Å².